The van der Waals surface area contributed by atoms with Crippen LogP contribution < -0.4 is 5.32 Å². The van der Waals surface area contributed by atoms with Crippen molar-refractivity contribution in [3.63, 3.8) is 0 Å². The number of amides is 1. The third-order valence-electron chi connectivity index (χ3n) is 5.47. The number of likely N-dealkylation sites (tertiary alicyclic amines) is 1. The Morgan fingerprint density at radius 3 is 2.52 bits per heavy atom. The van der Waals surface area contributed by atoms with Gasteiger partial charge in [-0.2, -0.15) is 0 Å². The Bertz CT molecular complexity index is 988. The number of halogens is 1. The van der Waals surface area contributed by atoms with Gasteiger partial charge in [-0.25, -0.2) is 4.98 Å². The second-order valence-electron chi connectivity index (χ2n) is 8.04. The average molecular weight is 455 g/mol. The molecule has 0 aliphatic carbocycles. The van der Waals surface area contributed by atoms with Crippen molar-refractivity contribution in [3.8, 4) is 5.69 Å². The fourth-order valence-corrected chi connectivity index (χ4v) is 4.28. The molecular weight excluding hydrogens is 428 g/mol. The first-order valence-corrected chi connectivity index (χ1v) is 11.1. The van der Waals surface area contributed by atoms with E-state index in [4.69, 9.17) is 4.98 Å². The predicted octanol–water partition coefficient (Wildman–Crippen LogP) is 4.52. The number of hydrogen-bond donors (Lipinski definition) is 1. The molecule has 1 N–H and O–H groups in total. The highest BCUT2D eigenvalue weighted by Crippen LogP contribution is 2.25. The Kier molecular flexibility index (Phi) is 6.01. The molecule has 6 heteroatoms. The molecule has 0 unspecified atom stereocenters. The Labute approximate surface area is 180 Å². The summed E-state index contributed by atoms with van der Waals surface area (Å²) in [7, 11) is 0. The fourth-order valence-electron chi connectivity index (χ4n) is 4.02. The summed E-state index contributed by atoms with van der Waals surface area (Å²) in [5, 5.41) is 3.05. The number of nitrogens with one attached hydrogen (secondary N) is 1. The Morgan fingerprint density at radius 2 is 1.83 bits per heavy atom. The number of hydrogen-bond acceptors (Lipinski definition) is 3. The number of aromatic nitrogens is 2. The number of rotatable bonds is 5. The van der Waals surface area contributed by atoms with Gasteiger partial charge in [0.25, 0.3) is 0 Å². The summed E-state index contributed by atoms with van der Waals surface area (Å²) in [6.07, 6.45) is 1.80. The molecule has 2 heterocycles. The van der Waals surface area contributed by atoms with Gasteiger partial charge in [0.1, 0.15) is 5.82 Å². The topological polar surface area (TPSA) is 50.2 Å². The van der Waals surface area contributed by atoms with E-state index in [0.717, 1.165) is 59.5 Å². The zero-order valence-electron chi connectivity index (χ0n) is 16.9. The van der Waals surface area contributed by atoms with Crippen LogP contribution in [0.15, 0.2) is 53.0 Å². The highest BCUT2D eigenvalue weighted by atomic mass is 79.9. The van der Waals surface area contributed by atoms with Crippen LogP contribution in [0.3, 0.4) is 0 Å². The van der Waals surface area contributed by atoms with E-state index in [1.807, 2.05) is 19.9 Å². The minimum Gasteiger partial charge on any atom is -0.354 e. The third-order valence-corrected chi connectivity index (χ3v) is 6.00. The predicted molar refractivity (Wildman–Crippen MR) is 120 cm³/mol. The van der Waals surface area contributed by atoms with Crippen molar-refractivity contribution in [1.82, 2.24) is 19.8 Å². The third kappa shape index (κ3) is 4.54. The van der Waals surface area contributed by atoms with E-state index in [1.54, 1.807) is 0 Å². The molecule has 1 saturated heterocycles. The van der Waals surface area contributed by atoms with Crippen LogP contribution in [-0.4, -0.2) is 39.5 Å². The van der Waals surface area contributed by atoms with Crippen molar-refractivity contribution in [2.24, 2.45) is 5.92 Å². The molecule has 1 fully saturated rings. The first-order valence-electron chi connectivity index (χ1n) is 10.3. The summed E-state index contributed by atoms with van der Waals surface area (Å²) < 4.78 is 3.31. The molecule has 0 radical (unpaired) electrons. The lowest BCUT2D eigenvalue weighted by Gasteiger charge is -2.31. The molecular formula is C23H27BrN4O. The first-order chi connectivity index (χ1) is 14.0. The van der Waals surface area contributed by atoms with E-state index in [2.05, 4.69) is 73.2 Å². The van der Waals surface area contributed by atoms with Crippen molar-refractivity contribution in [3.05, 3.63) is 58.8 Å². The van der Waals surface area contributed by atoms with Crippen LogP contribution in [0.25, 0.3) is 16.7 Å². The largest absolute Gasteiger partial charge is 0.354 e. The summed E-state index contributed by atoms with van der Waals surface area (Å²) in [6.45, 7) is 6.64. The van der Waals surface area contributed by atoms with Gasteiger partial charge in [-0.3, -0.25) is 14.3 Å². The van der Waals surface area contributed by atoms with Crippen molar-refractivity contribution in [2.75, 3.05) is 13.1 Å². The molecule has 1 amide bonds. The lowest BCUT2D eigenvalue weighted by Crippen LogP contribution is -2.42. The first kappa shape index (κ1) is 20.1. The molecule has 0 spiro atoms. The van der Waals surface area contributed by atoms with Gasteiger partial charge in [0.2, 0.25) is 5.91 Å². The lowest BCUT2D eigenvalue weighted by atomic mass is 9.95. The van der Waals surface area contributed by atoms with Gasteiger partial charge in [0.05, 0.1) is 17.6 Å². The van der Waals surface area contributed by atoms with E-state index in [1.165, 1.54) is 0 Å². The van der Waals surface area contributed by atoms with E-state index in [-0.39, 0.29) is 17.9 Å². The number of benzene rings is 2. The summed E-state index contributed by atoms with van der Waals surface area (Å²) in [6, 6.07) is 16.8. The summed E-state index contributed by atoms with van der Waals surface area (Å²) >= 11 is 3.52. The zero-order chi connectivity index (χ0) is 20.4. The van der Waals surface area contributed by atoms with E-state index in [9.17, 15) is 4.79 Å². The molecule has 152 valence electrons. The number of para-hydroxylation sites is 2. The van der Waals surface area contributed by atoms with Crippen LogP contribution in [0.5, 0.6) is 0 Å². The van der Waals surface area contributed by atoms with Crippen molar-refractivity contribution in [1.29, 1.82) is 0 Å². The van der Waals surface area contributed by atoms with Crippen molar-refractivity contribution in [2.45, 2.75) is 39.3 Å². The normalized spacial score (nSPS) is 15.9. The molecule has 1 aliphatic heterocycles. The zero-order valence-corrected chi connectivity index (χ0v) is 18.5. The number of piperidine rings is 1. The smallest absolute Gasteiger partial charge is 0.223 e. The molecule has 0 atom stereocenters. The maximum atomic E-state index is 12.3. The molecule has 2 aromatic carbocycles. The molecule has 4 rings (SSSR count). The van der Waals surface area contributed by atoms with Crippen molar-refractivity contribution >= 4 is 32.9 Å². The Morgan fingerprint density at radius 1 is 1.14 bits per heavy atom. The number of carbonyl (C=O) groups is 1. The summed E-state index contributed by atoms with van der Waals surface area (Å²) in [4.78, 5) is 19.6. The van der Waals surface area contributed by atoms with Crippen LogP contribution in [0.4, 0.5) is 0 Å². The maximum Gasteiger partial charge on any atom is 0.223 e. The van der Waals surface area contributed by atoms with Gasteiger partial charge in [-0.1, -0.05) is 28.1 Å². The van der Waals surface area contributed by atoms with E-state index < -0.39 is 0 Å². The van der Waals surface area contributed by atoms with Crippen molar-refractivity contribution < 1.29 is 4.79 Å². The molecule has 29 heavy (non-hydrogen) atoms. The van der Waals surface area contributed by atoms with Crippen LogP contribution >= 0.6 is 15.9 Å². The molecule has 1 aliphatic rings. The Hall–Kier alpha value is -2.18. The SMILES string of the molecule is CC(C)NC(=O)C1CCN(Cc2nc3ccccc3n2-c2ccc(Br)cc2)CC1. The van der Waals surface area contributed by atoms with Gasteiger partial charge >= 0.3 is 0 Å². The highest BCUT2D eigenvalue weighted by molar-refractivity contribution is 9.10. The van der Waals surface area contributed by atoms with E-state index in [0.29, 0.717) is 0 Å². The summed E-state index contributed by atoms with van der Waals surface area (Å²) in [5.74, 6) is 1.36. The standard InChI is InChI=1S/C23H27BrN4O/c1-16(2)25-23(29)17-11-13-27(14-12-17)15-22-26-20-5-3-4-6-21(20)28(22)19-9-7-18(24)8-10-19/h3-10,16-17H,11-15H2,1-2H3,(H,25,29). The maximum absolute atomic E-state index is 12.3. The van der Waals surface area contributed by atoms with Gasteiger partial charge in [-0.05, 0) is 76.2 Å². The molecule has 1 aromatic heterocycles. The van der Waals surface area contributed by atoms with Gasteiger partial charge in [-0.15, -0.1) is 0 Å². The molecule has 5 nitrogen and oxygen atoms in total. The number of imidazole rings is 1. The molecule has 0 saturated carbocycles. The fraction of sp³-hybridized carbons (Fsp3) is 0.391. The quantitative estimate of drug-likeness (QED) is 0.616. The average Bonchev–Trinajstić information content (AvgIpc) is 3.06. The molecule has 3 aromatic rings. The summed E-state index contributed by atoms with van der Waals surface area (Å²) in [5.41, 5.74) is 3.25. The van der Waals surface area contributed by atoms with Gasteiger partial charge in [0, 0.05) is 22.1 Å². The monoisotopic (exact) mass is 454 g/mol. The Balaban J connectivity index is 1.54. The minimum absolute atomic E-state index is 0.124. The number of nitrogens with zero attached hydrogens (tertiary/aromatic N) is 3. The van der Waals surface area contributed by atoms with E-state index >= 15 is 0 Å². The second kappa shape index (κ2) is 8.67. The van der Waals surface area contributed by atoms with Crippen LogP contribution in [0.2, 0.25) is 0 Å². The second-order valence-corrected chi connectivity index (χ2v) is 8.96. The van der Waals surface area contributed by atoms with Crippen LogP contribution in [-0.2, 0) is 11.3 Å². The highest BCUT2D eigenvalue weighted by Gasteiger charge is 2.26. The van der Waals surface area contributed by atoms with Crippen LogP contribution in [0, 0.1) is 5.92 Å². The number of carbonyl (C=O) groups excluding carboxylic acids is 1. The molecule has 0 bridgehead atoms. The van der Waals surface area contributed by atoms with Gasteiger partial charge in [0.15, 0.2) is 0 Å². The van der Waals surface area contributed by atoms with Crippen LogP contribution in [0.1, 0.15) is 32.5 Å². The lowest BCUT2D eigenvalue weighted by molar-refractivity contribution is -0.127. The number of fused-ring (bicyclic) bond motifs is 1. The van der Waals surface area contributed by atoms with Gasteiger partial charge < -0.3 is 5.32 Å². The minimum atomic E-state index is 0.124.